The lowest BCUT2D eigenvalue weighted by molar-refractivity contribution is 0.667. The van der Waals surface area contributed by atoms with Crippen molar-refractivity contribution in [1.82, 2.24) is 15.0 Å². The summed E-state index contributed by atoms with van der Waals surface area (Å²) in [7, 11) is 0. The Morgan fingerprint density at radius 1 is 0.458 bits per heavy atom. The van der Waals surface area contributed by atoms with Crippen LogP contribution in [0, 0.1) is 0 Å². The molecule has 0 bridgehead atoms. The van der Waals surface area contributed by atoms with Crippen LogP contribution in [-0.4, -0.2) is 15.0 Å². The predicted octanol–water partition coefficient (Wildman–Crippen LogP) is 14.9. The normalized spacial score (nSPS) is 11.9. The van der Waals surface area contributed by atoms with E-state index in [1.807, 2.05) is 31.2 Å². The highest BCUT2D eigenvalue weighted by Gasteiger charge is 2.20. The first-order valence-electron chi connectivity index (χ1n) is 20.0. The summed E-state index contributed by atoms with van der Waals surface area (Å²) in [5, 5.41) is 4.40. The minimum absolute atomic E-state index is 0.603. The van der Waals surface area contributed by atoms with Gasteiger partial charge in [-0.25, -0.2) is 15.0 Å². The first-order valence-corrected chi connectivity index (χ1v) is 20.0. The van der Waals surface area contributed by atoms with Crippen molar-refractivity contribution in [3.8, 4) is 67.5 Å². The average Bonchev–Trinajstić information content (AvgIpc) is 3.70. The molecule has 0 spiro atoms. The van der Waals surface area contributed by atoms with E-state index in [2.05, 4.69) is 183 Å². The standard InChI is InChI=1S/C55H39N3O/c1-3-4-15-36(2)45-32-33-47(51-48-22-13-14-23-50(48)59-52(45)51)49-35-44(34-43-20-11-12-21-46(43)49)55-57-53(41-28-24-39(25-29-41)37-16-7-5-8-17-37)56-54(58-55)42-30-26-40(27-31-42)38-18-9-6-10-19-38/h3-35H,1-2H3/b4-3-,36-15+. The van der Waals surface area contributed by atoms with E-state index in [0.29, 0.717) is 17.5 Å². The summed E-state index contributed by atoms with van der Waals surface area (Å²) >= 11 is 0. The van der Waals surface area contributed by atoms with Gasteiger partial charge in [0, 0.05) is 33.0 Å². The number of nitrogens with zero attached hydrogens (tertiary/aromatic N) is 3. The third kappa shape index (κ3) is 6.81. The number of rotatable bonds is 8. The SMILES string of the molecule is C/C=C\C=C(/C)c1ccc(-c2cc(-c3nc(-c4ccc(-c5ccccc5)cc4)nc(-c4ccc(-c5ccccc5)cc4)n3)cc3ccccc23)c2c1oc1ccccc12. The highest BCUT2D eigenvalue weighted by Crippen LogP contribution is 2.43. The molecule has 0 saturated heterocycles. The molecule has 4 heteroatoms. The van der Waals surface area contributed by atoms with Crippen LogP contribution < -0.4 is 0 Å². The zero-order valence-corrected chi connectivity index (χ0v) is 32.8. The summed E-state index contributed by atoms with van der Waals surface area (Å²) in [6.07, 6.45) is 6.25. The van der Waals surface area contributed by atoms with E-state index >= 15 is 0 Å². The molecule has 4 nitrogen and oxygen atoms in total. The Hall–Kier alpha value is -7.69. The molecule has 0 aliphatic carbocycles. The molecule has 0 amide bonds. The maximum absolute atomic E-state index is 6.68. The van der Waals surface area contributed by atoms with E-state index in [1.165, 1.54) is 0 Å². The second-order valence-electron chi connectivity index (χ2n) is 14.8. The van der Waals surface area contributed by atoms with Crippen molar-refractivity contribution in [3.63, 3.8) is 0 Å². The van der Waals surface area contributed by atoms with Crippen molar-refractivity contribution in [1.29, 1.82) is 0 Å². The van der Waals surface area contributed by atoms with Gasteiger partial charge >= 0.3 is 0 Å². The van der Waals surface area contributed by atoms with E-state index in [-0.39, 0.29) is 0 Å². The van der Waals surface area contributed by atoms with Gasteiger partial charge in [0.1, 0.15) is 11.2 Å². The molecule has 2 heterocycles. The lowest BCUT2D eigenvalue weighted by Crippen LogP contribution is -2.00. The summed E-state index contributed by atoms with van der Waals surface area (Å²) in [4.78, 5) is 15.6. The fourth-order valence-corrected chi connectivity index (χ4v) is 8.00. The highest BCUT2D eigenvalue weighted by atomic mass is 16.3. The zero-order chi connectivity index (χ0) is 39.7. The van der Waals surface area contributed by atoms with Crippen molar-refractivity contribution in [3.05, 3.63) is 206 Å². The second-order valence-corrected chi connectivity index (χ2v) is 14.8. The van der Waals surface area contributed by atoms with Gasteiger partial charge in [-0.05, 0) is 81.8 Å². The van der Waals surface area contributed by atoms with Crippen molar-refractivity contribution < 1.29 is 4.42 Å². The topological polar surface area (TPSA) is 51.8 Å². The summed E-state index contributed by atoms with van der Waals surface area (Å²) in [5.74, 6) is 1.83. The lowest BCUT2D eigenvalue weighted by atomic mass is 9.90. The summed E-state index contributed by atoms with van der Waals surface area (Å²) in [6, 6.07) is 63.5. The van der Waals surface area contributed by atoms with Gasteiger partial charge in [0.25, 0.3) is 0 Å². The van der Waals surface area contributed by atoms with Gasteiger partial charge in [-0.15, -0.1) is 0 Å². The molecule has 0 aliphatic rings. The smallest absolute Gasteiger partial charge is 0.164 e. The molecule has 280 valence electrons. The number of furan rings is 1. The van der Waals surface area contributed by atoms with Crippen LogP contribution in [0.15, 0.2) is 205 Å². The lowest BCUT2D eigenvalue weighted by Gasteiger charge is -2.14. The molecule has 0 unspecified atom stereocenters. The third-order valence-electron chi connectivity index (χ3n) is 11.0. The Kier molecular flexibility index (Phi) is 9.28. The minimum Gasteiger partial charge on any atom is -0.455 e. The molecule has 0 fully saturated rings. The van der Waals surface area contributed by atoms with Gasteiger partial charge < -0.3 is 4.42 Å². The molecule has 0 radical (unpaired) electrons. The second kappa shape index (κ2) is 15.3. The Labute approximate surface area is 343 Å². The molecular formula is C55H39N3O. The average molecular weight is 758 g/mol. The van der Waals surface area contributed by atoms with Crippen molar-refractivity contribution in [2.45, 2.75) is 13.8 Å². The van der Waals surface area contributed by atoms with Crippen LogP contribution in [0.1, 0.15) is 19.4 Å². The fourth-order valence-electron chi connectivity index (χ4n) is 8.00. The Morgan fingerprint density at radius 2 is 0.966 bits per heavy atom. The van der Waals surface area contributed by atoms with E-state index in [1.54, 1.807) is 0 Å². The first kappa shape index (κ1) is 35.7. The highest BCUT2D eigenvalue weighted by molar-refractivity contribution is 6.17. The maximum atomic E-state index is 6.68. The zero-order valence-electron chi connectivity index (χ0n) is 32.8. The number of allylic oxidation sites excluding steroid dienone is 4. The molecule has 10 aromatic rings. The van der Waals surface area contributed by atoms with Crippen LogP contribution in [0.25, 0.3) is 106 Å². The Balaban J connectivity index is 1.17. The van der Waals surface area contributed by atoms with Crippen molar-refractivity contribution in [2.24, 2.45) is 0 Å². The molecule has 0 atom stereocenters. The van der Waals surface area contributed by atoms with E-state index in [4.69, 9.17) is 19.4 Å². The summed E-state index contributed by atoms with van der Waals surface area (Å²) in [5.41, 5.74) is 13.4. The monoisotopic (exact) mass is 757 g/mol. The van der Waals surface area contributed by atoms with E-state index in [9.17, 15) is 0 Å². The van der Waals surface area contributed by atoms with E-state index in [0.717, 1.165) is 93.9 Å². The number of hydrogen-bond donors (Lipinski definition) is 0. The Morgan fingerprint density at radius 3 is 1.58 bits per heavy atom. The van der Waals surface area contributed by atoms with Gasteiger partial charge in [0.2, 0.25) is 0 Å². The number of fused-ring (bicyclic) bond motifs is 4. The largest absolute Gasteiger partial charge is 0.455 e. The molecule has 0 aliphatic heterocycles. The summed E-state index contributed by atoms with van der Waals surface area (Å²) in [6.45, 7) is 4.17. The molecule has 0 N–H and O–H groups in total. The van der Waals surface area contributed by atoms with Crippen LogP contribution in [0.4, 0.5) is 0 Å². The first-order chi connectivity index (χ1) is 29.1. The van der Waals surface area contributed by atoms with Gasteiger partial charge in [-0.3, -0.25) is 0 Å². The number of benzene rings is 8. The molecular weight excluding hydrogens is 719 g/mol. The molecule has 2 aromatic heterocycles. The number of hydrogen-bond acceptors (Lipinski definition) is 4. The van der Waals surface area contributed by atoms with Gasteiger partial charge in [-0.2, -0.15) is 0 Å². The van der Waals surface area contributed by atoms with Crippen LogP contribution in [-0.2, 0) is 0 Å². The van der Waals surface area contributed by atoms with Crippen molar-refractivity contribution in [2.75, 3.05) is 0 Å². The Bertz CT molecular complexity index is 3100. The van der Waals surface area contributed by atoms with Crippen LogP contribution >= 0.6 is 0 Å². The summed E-state index contributed by atoms with van der Waals surface area (Å²) < 4.78 is 6.68. The van der Waals surface area contributed by atoms with Gasteiger partial charge in [0.15, 0.2) is 17.5 Å². The predicted molar refractivity (Wildman–Crippen MR) is 246 cm³/mol. The van der Waals surface area contributed by atoms with Crippen molar-refractivity contribution >= 4 is 38.3 Å². The molecule has 8 aromatic carbocycles. The molecule has 10 rings (SSSR count). The fraction of sp³-hybridized carbons (Fsp3) is 0.0364. The maximum Gasteiger partial charge on any atom is 0.164 e. The number of aromatic nitrogens is 3. The van der Waals surface area contributed by atoms with Crippen LogP contribution in [0.3, 0.4) is 0 Å². The van der Waals surface area contributed by atoms with E-state index < -0.39 is 0 Å². The van der Waals surface area contributed by atoms with Gasteiger partial charge in [0.05, 0.1) is 0 Å². The van der Waals surface area contributed by atoms with Gasteiger partial charge in [-0.1, -0.05) is 182 Å². The minimum atomic E-state index is 0.603. The molecule has 59 heavy (non-hydrogen) atoms. The third-order valence-corrected chi connectivity index (χ3v) is 11.0. The quantitative estimate of drug-likeness (QED) is 0.145. The molecule has 0 saturated carbocycles. The van der Waals surface area contributed by atoms with Crippen LogP contribution in [0.2, 0.25) is 0 Å². The number of para-hydroxylation sites is 1. The van der Waals surface area contributed by atoms with Crippen LogP contribution in [0.5, 0.6) is 0 Å².